The van der Waals surface area contributed by atoms with Crippen molar-refractivity contribution in [3.63, 3.8) is 0 Å². The molecule has 26 heavy (non-hydrogen) atoms. The van der Waals surface area contributed by atoms with Crippen molar-refractivity contribution in [1.82, 2.24) is 10.6 Å². The zero-order valence-corrected chi connectivity index (χ0v) is 16.4. The quantitative estimate of drug-likeness (QED) is 0.845. The molecule has 0 aromatic heterocycles. The smallest absolute Gasteiger partial charge is 0.255 e. The molecule has 1 heterocycles. The summed E-state index contributed by atoms with van der Waals surface area (Å²) in [4.78, 5) is 24.8. The monoisotopic (exact) mass is 378 g/mol. The van der Waals surface area contributed by atoms with E-state index in [0.717, 1.165) is 25.7 Å². The maximum absolute atomic E-state index is 12.5. The largest absolute Gasteiger partial charge is 0.485 e. The summed E-state index contributed by atoms with van der Waals surface area (Å²) in [5.41, 5.74) is 0.0230. The van der Waals surface area contributed by atoms with Crippen LogP contribution in [0.2, 0.25) is 5.02 Å². The Kier molecular flexibility index (Phi) is 5.47. The summed E-state index contributed by atoms with van der Waals surface area (Å²) >= 11 is 6.01. The van der Waals surface area contributed by atoms with E-state index in [1.165, 1.54) is 0 Å². The van der Waals surface area contributed by atoms with Crippen molar-refractivity contribution in [1.29, 1.82) is 0 Å². The van der Waals surface area contributed by atoms with Gasteiger partial charge in [0.15, 0.2) is 0 Å². The highest BCUT2D eigenvalue weighted by atomic mass is 35.5. The van der Waals surface area contributed by atoms with Crippen LogP contribution >= 0.6 is 11.6 Å². The van der Waals surface area contributed by atoms with E-state index >= 15 is 0 Å². The Balaban J connectivity index is 1.67. The van der Waals surface area contributed by atoms with Crippen LogP contribution in [-0.4, -0.2) is 30.0 Å². The summed E-state index contributed by atoms with van der Waals surface area (Å²) in [6, 6.07) is 5.30. The van der Waals surface area contributed by atoms with Crippen molar-refractivity contribution < 1.29 is 14.3 Å². The number of benzene rings is 1. The predicted octanol–water partition coefficient (Wildman–Crippen LogP) is 3.55. The highest BCUT2D eigenvalue weighted by Gasteiger charge is 2.42. The van der Waals surface area contributed by atoms with E-state index in [0.29, 0.717) is 28.8 Å². The Hall–Kier alpha value is -1.75. The van der Waals surface area contributed by atoms with Gasteiger partial charge in [-0.2, -0.15) is 0 Å². The van der Waals surface area contributed by atoms with Crippen LogP contribution in [-0.2, 0) is 4.79 Å². The normalized spacial score (nSPS) is 26.5. The Morgan fingerprint density at radius 2 is 2.00 bits per heavy atom. The summed E-state index contributed by atoms with van der Waals surface area (Å²) < 4.78 is 6.28. The van der Waals surface area contributed by atoms with Crippen LogP contribution in [0.25, 0.3) is 0 Å². The summed E-state index contributed by atoms with van der Waals surface area (Å²) in [7, 11) is 0. The first-order chi connectivity index (χ1) is 12.3. The molecule has 0 bridgehead atoms. The van der Waals surface area contributed by atoms with Crippen LogP contribution in [0.4, 0.5) is 0 Å². The Bertz CT molecular complexity index is 696. The first kappa shape index (κ1) is 19.0. The molecule has 0 radical (unpaired) electrons. The zero-order chi connectivity index (χ0) is 18.9. The van der Waals surface area contributed by atoms with Crippen molar-refractivity contribution in [3.8, 4) is 5.75 Å². The number of fused-ring (bicyclic) bond motifs is 1. The molecule has 1 aliphatic heterocycles. The number of carbonyl (C=O) groups excluding carboxylic acids is 2. The molecule has 2 amide bonds. The molecule has 5 nitrogen and oxygen atoms in total. The number of rotatable bonds is 3. The van der Waals surface area contributed by atoms with Gasteiger partial charge in [-0.25, -0.2) is 0 Å². The maximum Gasteiger partial charge on any atom is 0.255 e. The minimum absolute atomic E-state index is 0.00840. The second-order valence-corrected chi connectivity index (χ2v) is 8.36. The third-order valence-corrected chi connectivity index (χ3v) is 5.96. The van der Waals surface area contributed by atoms with E-state index in [2.05, 4.69) is 24.5 Å². The number of nitrogens with one attached hydrogen (secondary N) is 2. The molecule has 1 saturated carbocycles. The van der Waals surface area contributed by atoms with Crippen molar-refractivity contribution in [2.24, 2.45) is 11.8 Å². The number of hydrogen-bond acceptors (Lipinski definition) is 3. The average Bonchev–Trinajstić information content (AvgIpc) is 2.73. The minimum atomic E-state index is -0.449. The molecule has 2 N–H and O–H groups in total. The Morgan fingerprint density at radius 1 is 1.31 bits per heavy atom. The van der Waals surface area contributed by atoms with E-state index in [-0.39, 0.29) is 23.8 Å². The maximum atomic E-state index is 12.5. The number of halogens is 1. The van der Waals surface area contributed by atoms with E-state index in [1.807, 2.05) is 6.92 Å². The van der Waals surface area contributed by atoms with E-state index in [1.54, 1.807) is 18.2 Å². The van der Waals surface area contributed by atoms with Crippen LogP contribution in [0.1, 0.15) is 56.8 Å². The molecule has 3 rings (SSSR count). The highest BCUT2D eigenvalue weighted by Crippen LogP contribution is 2.38. The summed E-state index contributed by atoms with van der Waals surface area (Å²) in [5.74, 6) is 0.961. The first-order valence-electron chi connectivity index (χ1n) is 9.37. The summed E-state index contributed by atoms with van der Waals surface area (Å²) in [5, 5.41) is 6.59. The average molecular weight is 379 g/mol. The minimum Gasteiger partial charge on any atom is -0.485 e. The molecule has 1 aromatic carbocycles. The van der Waals surface area contributed by atoms with Crippen molar-refractivity contribution >= 4 is 23.4 Å². The van der Waals surface area contributed by atoms with Gasteiger partial charge in [0.25, 0.3) is 5.91 Å². The summed E-state index contributed by atoms with van der Waals surface area (Å²) in [6.45, 7) is 6.70. The molecule has 2 aliphatic rings. The lowest BCUT2D eigenvalue weighted by Gasteiger charge is -2.39. The van der Waals surface area contributed by atoms with Crippen LogP contribution in [0, 0.1) is 11.8 Å². The summed E-state index contributed by atoms with van der Waals surface area (Å²) in [6.07, 6.45) is 3.00. The molecule has 1 unspecified atom stereocenters. The molecule has 0 saturated heterocycles. The standard InChI is InChI=1S/C20H27ClN2O3/c1-12(2)13(3)23-18(24)14-6-8-20(9-7-14)11-22-19(25)16-10-15(21)4-5-17(16)26-20/h4-5,10,12-14H,6-9,11H2,1-3H3,(H,22,25)(H,23,24). The lowest BCUT2D eigenvalue weighted by molar-refractivity contribution is -0.128. The Labute approximate surface area is 159 Å². The number of hydrogen-bond donors (Lipinski definition) is 2. The number of amides is 2. The van der Waals surface area contributed by atoms with Gasteiger partial charge in [-0.05, 0) is 56.7 Å². The van der Waals surface area contributed by atoms with Gasteiger partial charge in [-0.3, -0.25) is 9.59 Å². The predicted molar refractivity (Wildman–Crippen MR) is 102 cm³/mol. The van der Waals surface area contributed by atoms with E-state index in [4.69, 9.17) is 16.3 Å². The third-order valence-electron chi connectivity index (χ3n) is 5.72. The van der Waals surface area contributed by atoms with Gasteiger partial charge in [0.2, 0.25) is 5.91 Å². The third kappa shape index (κ3) is 3.98. The van der Waals surface area contributed by atoms with Crippen LogP contribution in [0.15, 0.2) is 18.2 Å². The van der Waals surface area contributed by atoms with Gasteiger partial charge in [0.05, 0.1) is 12.1 Å². The van der Waals surface area contributed by atoms with Crippen molar-refractivity contribution in [2.75, 3.05) is 6.54 Å². The zero-order valence-electron chi connectivity index (χ0n) is 15.6. The van der Waals surface area contributed by atoms with Crippen molar-refractivity contribution in [3.05, 3.63) is 28.8 Å². The van der Waals surface area contributed by atoms with Gasteiger partial charge in [-0.1, -0.05) is 25.4 Å². The molecule has 1 aliphatic carbocycles. The molecular formula is C20H27ClN2O3. The van der Waals surface area contributed by atoms with Gasteiger partial charge >= 0.3 is 0 Å². The van der Waals surface area contributed by atoms with Gasteiger partial charge in [-0.15, -0.1) is 0 Å². The molecule has 1 aromatic rings. The first-order valence-corrected chi connectivity index (χ1v) is 9.74. The second kappa shape index (κ2) is 7.47. The molecule has 1 spiro atoms. The topological polar surface area (TPSA) is 67.4 Å². The highest BCUT2D eigenvalue weighted by molar-refractivity contribution is 6.31. The molecule has 1 atom stereocenters. The van der Waals surface area contributed by atoms with Gasteiger partial charge in [0, 0.05) is 17.0 Å². The fourth-order valence-corrected chi connectivity index (χ4v) is 3.74. The second-order valence-electron chi connectivity index (χ2n) is 7.92. The number of carbonyl (C=O) groups is 2. The number of ether oxygens (including phenoxy) is 1. The molecule has 6 heteroatoms. The van der Waals surface area contributed by atoms with Crippen LogP contribution in [0.5, 0.6) is 5.75 Å². The fourth-order valence-electron chi connectivity index (χ4n) is 3.57. The molecular weight excluding hydrogens is 352 g/mol. The lowest BCUT2D eigenvalue weighted by Crippen LogP contribution is -2.50. The Morgan fingerprint density at radius 3 is 2.65 bits per heavy atom. The van der Waals surface area contributed by atoms with E-state index < -0.39 is 5.60 Å². The van der Waals surface area contributed by atoms with E-state index in [9.17, 15) is 9.59 Å². The van der Waals surface area contributed by atoms with Crippen LogP contribution < -0.4 is 15.4 Å². The lowest BCUT2D eigenvalue weighted by atomic mass is 9.78. The van der Waals surface area contributed by atoms with Gasteiger partial charge in [0.1, 0.15) is 11.4 Å². The van der Waals surface area contributed by atoms with Crippen LogP contribution in [0.3, 0.4) is 0 Å². The fraction of sp³-hybridized carbons (Fsp3) is 0.600. The van der Waals surface area contributed by atoms with Crippen molar-refractivity contribution in [2.45, 2.75) is 58.1 Å². The molecule has 142 valence electrons. The molecule has 1 fully saturated rings. The van der Waals surface area contributed by atoms with Gasteiger partial charge < -0.3 is 15.4 Å². The SMILES string of the molecule is CC(C)C(C)NC(=O)C1CCC2(CC1)CNC(=O)c1cc(Cl)ccc1O2.